The Kier molecular flexibility index (Phi) is 4.10. The molecule has 1 aromatic carbocycles. The zero-order valence-electron chi connectivity index (χ0n) is 13.9. The summed E-state index contributed by atoms with van der Waals surface area (Å²) in [6, 6.07) is 10.9. The molecule has 132 valence electrons. The molecule has 0 radical (unpaired) electrons. The summed E-state index contributed by atoms with van der Waals surface area (Å²) in [5, 5.41) is 13.8. The lowest BCUT2D eigenvalue weighted by molar-refractivity contribution is 0.0691. The number of hydroxylamine groups is 1. The van der Waals surface area contributed by atoms with Crippen molar-refractivity contribution in [3.05, 3.63) is 59.5 Å². The summed E-state index contributed by atoms with van der Waals surface area (Å²) < 4.78 is 1.64. The Morgan fingerprint density at radius 3 is 2.88 bits per heavy atom. The standard InChI is InChI=1S/C18H17N5O3/c24-17(21-26)16-10-12-4-3-9-22(11-23(12)20-16)18(25)14-7-8-19-15-6-2-1-5-13(14)15/h1-2,5-8,10,26H,3-4,9,11H2,(H,21,24). The van der Waals surface area contributed by atoms with Crippen molar-refractivity contribution >= 4 is 22.7 Å². The Morgan fingerprint density at radius 2 is 2.04 bits per heavy atom. The van der Waals surface area contributed by atoms with Crippen molar-refractivity contribution in [3.63, 3.8) is 0 Å². The van der Waals surface area contributed by atoms with Crippen LogP contribution >= 0.6 is 0 Å². The third kappa shape index (κ3) is 2.80. The average Bonchev–Trinajstić information content (AvgIpc) is 2.98. The number of hydrogen-bond donors (Lipinski definition) is 2. The quantitative estimate of drug-likeness (QED) is 0.539. The van der Waals surface area contributed by atoms with E-state index < -0.39 is 5.91 Å². The second-order valence-corrected chi connectivity index (χ2v) is 6.15. The van der Waals surface area contributed by atoms with Gasteiger partial charge in [-0.15, -0.1) is 0 Å². The predicted octanol–water partition coefficient (Wildman–Crippen LogP) is 1.60. The minimum atomic E-state index is -0.663. The number of nitrogens with zero attached hydrogens (tertiary/aromatic N) is 4. The number of amides is 2. The molecule has 0 bridgehead atoms. The minimum absolute atomic E-state index is 0.0971. The molecule has 0 saturated carbocycles. The van der Waals surface area contributed by atoms with Crippen molar-refractivity contribution in [3.8, 4) is 0 Å². The lowest BCUT2D eigenvalue weighted by Gasteiger charge is -2.21. The van der Waals surface area contributed by atoms with Crippen LogP contribution in [0.4, 0.5) is 0 Å². The van der Waals surface area contributed by atoms with E-state index in [1.54, 1.807) is 33.4 Å². The average molecular weight is 351 g/mol. The van der Waals surface area contributed by atoms with E-state index in [-0.39, 0.29) is 18.3 Å². The molecule has 8 nitrogen and oxygen atoms in total. The van der Waals surface area contributed by atoms with Crippen LogP contribution in [-0.2, 0) is 13.1 Å². The molecular formula is C18H17N5O3. The molecule has 0 saturated heterocycles. The maximum atomic E-state index is 13.1. The zero-order valence-corrected chi connectivity index (χ0v) is 13.9. The van der Waals surface area contributed by atoms with Gasteiger partial charge in [-0.25, -0.2) is 10.2 Å². The molecule has 3 heterocycles. The van der Waals surface area contributed by atoms with E-state index in [0.29, 0.717) is 18.5 Å². The van der Waals surface area contributed by atoms with E-state index in [4.69, 9.17) is 5.21 Å². The summed E-state index contributed by atoms with van der Waals surface area (Å²) in [5.74, 6) is -0.760. The fourth-order valence-electron chi connectivity index (χ4n) is 3.25. The van der Waals surface area contributed by atoms with Crippen LogP contribution in [0.1, 0.15) is 33.0 Å². The topological polar surface area (TPSA) is 100 Å². The maximum absolute atomic E-state index is 13.1. The number of rotatable bonds is 2. The summed E-state index contributed by atoms with van der Waals surface area (Å²) in [6.45, 7) is 0.851. The van der Waals surface area contributed by atoms with E-state index in [9.17, 15) is 9.59 Å². The molecule has 8 heteroatoms. The van der Waals surface area contributed by atoms with Gasteiger partial charge in [0, 0.05) is 23.8 Å². The molecule has 1 aliphatic rings. The Bertz CT molecular complexity index is 992. The first kappa shape index (κ1) is 16.2. The lowest BCUT2D eigenvalue weighted by atomic mass is 10.1. The van der Waals surface area contributed by atoms with Gasteiger partial charge in [-0.3, -0.25) is 19.8 Å². The molecule has 0 unspecified atom stereocenters. The third-order valence-corrected chi connectivity index (χ3v) is 4.53. The van der Waals surface area contributed by atoms with Gasteiger partial charge in [-0.1, -0.05) is 18.2 Å². The number of hydrogen-bond acceptors (Lipinski definition) is 5. The summed E-state index contributed by atoms with van der Waals surface area (Å²) in [4.78, 5) is 30.7. The number of aromatic nitrogens is 3. The zero-order chi connectivity index (χ0) is 18.1. The summed E-state index contributed by atoms with van der Waals surface area (Å²) in [7, 11) is 0. The first-order valence-corrected chi connectivity index (χ1v) is 8.31. The van der Waals surface area contributed by atoms with Gasteiger partial charge in [0.05, 0.1) is 11.1 Å². The highest BCUT2D eigenvalue weighted by Crippen LogP contribution is 2.20. The molecular weight excluding hydrogens is 334 g/mol. The summed E-state index contributed by atoms with van der Waals surface area (Å²) in [5.41, 5.74) is 3.94. The van der Waals surface area contributed by atoms with Crippen molar-refractivity contribution in [1.29, 1.82) is 0 Å². The van der Waals surface area contributed by atoms with Gasteiger partial charge in [-0.2, -0.15) is 5.10 Å². The van der Waals surface area contributed by atoms with Gasteiger partial charge in [-0.05, 0) is 31.0 Å². The highest BCUT2D eigenvalue weighted by Gasteiger charge is 2.24. The van der Waals surface area contributed by atoms with Crippen molar-refractivity contribution in [2.75, 3.05) is 6.54 Å². The highest BCUT2D eigenvalue weighted by molar-refractivity contribution is 6.05. The Balaban J connectivity index is 1.66. The number of aryl methyl sites for hydroxylation is 1. The van der Waals surface area contributed by atoms with Gasteiger partial charge in [0.2, 0.25) is 0 Å². The van der Waals surface area contributed by atoms with Crippen LogP contribution in [0.5, 0.6) is 0 Å². The first-order chi connectivity index (χ1) is 12.7. The molecule has 0 aliphatic carbocycles. The van der Waals surface area contributed by atoms with Crippen LogP contribution in [0.15, 0.2) is 42.6 Å². The fourth-order valence-corrected chi connectivity index (χ4v) is 3.25. The molecule has 2 N–H and O–H groups in total. The highest BCUT2D eigenvalue weighted by atomic mass is 16.5. The van der Waals surface area contributed by atoms with E-state index in [1.165, 1.54) is 0 Å². The second-order valence-electron chi connectivity index (χ2n) is 6.15. The van der Waals surface area contributed by atoms with Crippen molar-refractivity contribution in [2.45, 2.75) is 19.5 Å². The van der Waals surface area contributed by atoms with Gasteiger partial charge >= 0.3 is 0 Å². The Hall–Kier alpha value is -3.26. The van der Waals surface area contributed by atoms with Crippen molar-refractivity contribution in [2.24, 2.45) is 0 Å². The molecule has 3 aromatic rings. The number of nitrogens with one attached hydrogen (secondary N) is 1. The van der Waals surface area contributed by atoms with E-state index in [0.717, 1.165) is 23.0 Å². The minimum Gasteiger partial charge on any atom is -0.319 e. The Morgan fingerprint density at radius 1 is 1.19 bits per heavy atom. The summed E-state index contributed by atoms with van der Waals surface area (Å²) in [6.07, 6.45) is 3.10. The van der Waals surface area contributed by atoms with Gasteiger partial charge in [0.25, 0.3) is 11.8 Å². The molecule has 2 amide bonds. The molecule has 1 aliphatic heterocycles. The first-order valence-electron chi connectivity index (χ1n) is 8.31. The summed E-state index contributed by atoms with van der Waals surface area (Å²) >= 11 is 0. The smallest absolute Gasteiger partial charge is 0.295 e. The van der Waals surface area contributed by atoms with E-state index in [2.05, 4.69) is 10.1 Å². The van der Waals surface area contributed by atoms with Crippen LogP contribution < -0.4 is 5.48 Å². The van der Waals surface area contributed by atoms with Gasteiger partial charge in [0.1, 0.15) is 6.67 Å². The van der Waals surface area contributed by atoms with E-state index in [1.807, 2.05) is 24.3 Å². The molecule has 4 rings (SSSR count). The molecule has 0 spiro atoms. The second kappa shape index (κ2) is 6.57. The van der Waals surface area contributed by atoms with Crippen LogP contribution in [0.3, 0.4) is 0 Å². The number of para-hydroxylation sites is 1. The number of pyridine rings is 1. The van der Waals surface area contributed by atoms with E-state index >= 15 is 0 Å². The predicted molar refractivity (Wildman–Crippen MR) is 92.6 cm³/mol. The van der Waals surface area contributed by atoms with Crippen LogP contribution in [0.25, 0.3) is 10.9 Å². The third-order valence-electron chi connectivity index (χ3n) is 4.53. The number of carbonyl (C=O) groups is 2. The molecule has 26 heavy (non-hydrogen) atoms. The van der Waals surface area contributed by atoms with Crippen molar-refractivity contribution < 1.29 is 14.8 Å². The molecule has 0 fully saturated rings. The molecule has 2 aromatic heterocycles. The number of fused-ring (bicyclic) bond motifs is 2. The Labute approximate surface area is 149 Å². The van der Waals surface area contributed by atoms with Crippen LogP contribution in [0, 0.1) is 0 Å². The fraction of sp³-hybridized carbons (Fsp3) is 0.222. The number of benzene rings is 1. The largest absolute Gasteiger partial charge is 0.319 e. The van der Waals surface area contributed by atoms with Crippen LogP contribution in [0.2, 0.25) is 0 Å². The van der Waals surface area contributed by atoms with Gasteiger partial charge < -0.3 is 4.90 Å². The SMILES string of the molecule is O=C(NO)c1cc2n(n1)CN(C(=O)c1ccnc3ccccc13)CCC2. The van der Waals surface area contributed by atoms with Gasteiger partial charge in [0.15, 0.2) is 5.69 Å². The van der Waals surface area contributed by atoms with Crippen LogP contribution in [-0.4, -0.2) is 43.2 Å². The monoisotopic (exact) mass is 351 g/mol. The maximum Gasteiger partial charge on any atom is 0.295 e. The lowest BCUT2D eigenvalue weighted by Crippen LogP contribution is -2.33. The number of carbonyl (C=O) groups excluding carboxylic acids is 2. The van der Waals surface area contributed by atoms with Crippen molar-refractivity contribution in [1.82, 2.24) is 25.1 Å². The normalized spacial score (nSPS) is 14.0. The molecule has 0 atom stereocenters.